The zero-order valence-corrected chi connectivity index (χ0v) is 22.0. The number of carbonyl (C=O) groups excluding carboxylic acids is 2. The normalized spacial score (nSPS) is 49.8. The number of rotatable bonds is 1. The number of carbonyl (C=O) groups is 3. The summed E-state index contributed by atoms with van der Waals surface area (Å²) in [6.07, 6.45) is 6.12. The van der Waals surface area contributed by atoms with Gasteiger partial charge in [-0.05, 0) is 79.1 Å². The molecule has 0 aromatic carbocycles. The Morgan fingerprint density at radius 1 is 1.08 bits per heavy atom. The molecule has 0 heterocycles. The predicted octanol–water partition coefficient (Wildman–Crippen LogP) is 6.29. The summed E-state index contributed by atoms with van der Waals surface area (Å²) in [7, 11) is 0. The van der Waals surface area contributed by atoms with Crippen molar-refractivity contribution in [2.75, 3.05) is 0 Å². The molecule has 0 bridgehead atoms. The van der Waals surface area contributed by atoms with Crippen LogP contribution in [0.5, 0.6) is 0 Å². The van der Waals surface area contributed by atoms with Crippen LogP contribution in [0.1, 0.15) is 101 Å². The van der Waals surface area contributed by atoms with Gasteiger partial charge in [0.15, 0.2) is 11.6 Å². The molecule has 0 aliphatic heterocycles. The van der Waals surface area contributed by atoms with Gasteiger partial charge in [0.1, 0.15) is 6.07 Å². The summed E-state index contributed by atoms with van der Waals surface area (Å²) in [5.74, 6) is -4.42. The van der Waals surface area contributed by atoms with Crippen LogP contribution in [0.25, 0.3) is 0 Å². The number of nitriles is 1. The molecule has 5 rings (SSSR count). The van der Waals surface area contributed by atoms with E-state index in [1.54, 1.807) is 13.0 Å². The van der Waals surface area contributed by atoms with E-state index in [1.165, 1.54) is 12.2 Å². The fraction of sp³-hybridized carbons (Fsp3) is 0.742. The first-order valence-electron chi connectivity index (χ1n) is 16.2. The van der Waals surface area contributed by atoms with Crippen LogP contribution in [0.15, 0.2) is 23.3 Å². The monoisotopic (exact) mass is 497 g/mol. The lowest BCUT2D eigenvalue weighted by Gasteiger charge is -2.68. The van der Waals surface area contributed by atoms with Gasteiger partial charge in [-0.1, -0.05) is 60.0 Å². The third-order valence-electron chi connectivity index (χ3n) is 11.7. The van der Waals surface area contributed by atoms with Gasteiger partial charge in [-0.2, -0.15) is 5.26 Å². The first-order chi connectivity index (χ1) is 19.0. The molecule has 5 aliphatic rings. The number of carboxylic acids is 1. The number of allylic oxidation sites excluding steroid dienone is 4. The van der Waals surface area contributed by atoms with Crippen molar-refractivity contribution in [3.63, 3.8) is 0 Å². The van der Waals surface area contributed by atoms with Crippen molar-refractivity contribution in [3.05, 3.63) is 23.3 Å². The minimum absolute atomic E-state index is 0.0960. The van der Waals surface area contributed by atoms with Crippen LogP contribution in [0.4, 0.5) is 0 Å². The second kappa shape index (κ2) is 7.21. The Balaban J connectivity index is 1.77. The fourth-order valence-corrected chi connectivity index (χ4v) is 9.43. The van der Waals surface area contributed by atoms with Crippen molar-refractivity contribution >= 4 is 17.5 Å². The summed E-state index contributed by atoms with van der Waals surface area (Å²) in [4.78, 5) is 41.0. The van der Waals surface area contributed by atoms with Crippen molar-refractivity contribution in [1.29, 1.82) is 5.26 Å². The quantitative estimate of drug-likeness (QED) is 0.459. The van der Waals surface area contributed by atoms with E-state index in [0.717, 1.165) is 6.42 Å². The van der Waals surface area contributed by atoms with Crippen molar-refractivity contribution in [1.82, 2.24) is 0 Å². The average molecular weight is 498 g/mol. The van der Waals surface area contributed by atoms with Gasteiger partial charge in [-0.15, -0.1) is 0 Å². The molecule has 7 atom stereocenters. The van der Waals surface area contributed by atoms with E-state index in [9.17, 15) is 24.8 Å². The number of hydrogen-bond acceptors (Lipinski definition) is 4. The number of ketones is 2. The topological polar surface area (TPSA) is 95.2 Å². The summed E-state index contributed by atoms with van der Waals surface area (Å²) >= 11 is 0. The predicted molar refractivity (Wildman–Crippen MR) is 137 cm³/mol. The summed E-state index contributed by atoms with van der Waals surface area (Å²) in [5, 5.41) is 20.5. The van der Waals surface area contributed by atoms with Gasteiger partial charge in [0.05, 0.1) is 11.0 Å². The standard InChI is InChI=1S/C31H41NO4/c1-26(2)10-12-31(25(35)36)13-11-30(7)23(19(31)16-26)20(33)14-22-28(5)15-18(17-32)24(34)27(3,4)21(28)8-9-29(22,30)6/h14-15,19,21,23H,8-13,16H2,1-7H3,(H,35,36)/t19-,21-,23-,28-,29+,30+,31-/m0/s1/i3D3,4D3. The van der Waals surface area contributed by atoms with Crippen LogP contribution >= 0.6 is 0 Å². The second-order valence-corrected chi connectivity index (χ2v) is 13.8. The lowest BCUT2D eigenvalue weighted by molar-refractivity contribution is -0.188. The Kier molecular flexibility index (Phi) is 3.79. The van der Waals surface area contributed by atoms with Gasteiger partial charge in [0.25, 0.3) is 0 Å². The lowest BCUT2D eigenvalue weighted by Crippen LogP contribution is -2.65. The highest BCUT2D eigenvalue weighted by Gasteiger charge is 2.70. The van der Waals surface area contributed by atoms with Crippen molar-refractivity contribution in [2.24, 2.45) is 50.2 Å². The SMILES string of the molecule is [2H]C([2H])([2H])C1(C([2H])([2H])[2H])C(=O)C(C#N)=C[C@]2(C)C3=CC(=O)[C@@H]4[C@@H]5CC(C)(C)CC[C@]5(C(=O)O)CC[C@@]4(C)[C@]3(C)CC[C@@H]12. The number of nitrogens with zero attached hydrogens (tertiary/aromatic N) is 1. The molecule has 3 saturated carbocycles. The Morgan fingerprint density at radius 3 is 2.36 bits per heavy atom. The Labute approximate surface area is 223 Å². The van der Waals surface area contributed by atoms with E-state index in [1.807, 2.05) is 13.8 Å². The Morgan fingerprint density at radius 2 is 1.75 bits per heavy atom. The van der Waals surface area contributed by atoms with Crippen molar-refractivity contribution in [3.8, 4) is 6.07 Å². The van der Waals surface area contributed by atoms with Gasteiger partial charge in [-0.25, -0.2) is 0 Å². The van der Waals surface area contributed by atoms with E-state index in [-0.39, 0.29) is 23.5 Å². The summed E-state index contributed by atoms with van der Waals surface area (Å²) in [5.41, 5.74) is -6.68. The molecule has 0 unspecified atom stereocenters. The molecule has 194 valence electrons. The first-order valence-corrected chi connectivity index (χ1v) is 13.2. The molecular formula is C31H41NO4. The van der Waals surface area contributed by atoms with Gasteiger partial charge in [0, 0.05) is 25.0 Å². The number of hydrogen-bond donors (Lipinski definition) is 1. The average Bonchev–Trinajstić information content (AvgIpc) is 2.83. The highest BCUT2D eigenvalue weighted by atomic mass is 16.4. The molecule has 0 saturated heterocycles. The Bertz CT molecular complexity index is 1370. The van der Waals surface area contributed by atoms with Crippen LogP contribution in [-0.2, 0) is 14.4 Å². The highest BCUT2D eigenvalue weighted by Crippen LogP contribution is 2.74. The van der Waals surface area contributed by atoms with Crippen LogP contribution in [0.3, 0.4) is 0 Å². The third-order valence-corrected chi connectivity index (χ3v) is 11.7. The molecule has 3 fully saturated rings. The molecule has 5 aliphatic carbocycles. The maximum atomic E-state index is 14.4. The summed E-state index contributed by atoms with van der Waals surface area (Å²) in [6.45, 7) is 3.51. The van der Waals surface area contributed by atoms with Gasteiger partial charge in [0.2, 0.25) is 0 Å². The van der Waals surface area contributed by atoms with E-state index < -0.39 is 69.9 Å². The van der Waals surface area contributed by atoms with E-state index in [0.29, 0.717) is 37.7 Å². The maximum Gasteiger partial charge on any atom is 0.309 e. The molecule has 0 spiro atoms. The molecular weight excluding hydrogens is 450 g/mol. The summed E-state index contributed by atoms with van der Waals surface area (Å²) in [6, 6.07) is 1.79. The minimum Gasteiger partial charge on any atom is -0.481 e. The van der Waals surface area contributed by atoms with E-state index >= 15 is 0 Å². The van der Waals surface area contributed by atoms with Crippen molar-refractivity contribution in [2.45, 2.75) is 93.3 Å². The first kappa shape index (κ1) is 18.9. The molecule has 1 N–H and O–H groups in total. The van der Waals surface area contributed by atoms with Crippen LogP contribution in [0, 0.1) is 61.6 Å². The lowest BCUT2D eigenvalue weighted by atomic mass is 9.34. The maximum absolute atomic E-state index is 14.4. The smallest absolute Gasteiger partial charge is 0.309 e. The number of carboxylic acid groups (broad SMARTS) is 1. The highest BCUT2D eigenvalue weighted by molar-refractivity contribution is 6.04. The minimum atomic E-state index is -3.24. The molecule has 5 heteroatoms. The van der Waals surface area contributed by atoms with E-state index in [4.69, 9.17) is 8.22 Å². The Hall–Kier alpha value is -2.22. The number of fused-ring (bicyclic) bond motifs is 7. The molecule has 0 aromatic rings. The fourth-order valence-electron chi connectivity index (χ4n) is 9.43. The number of aliphatic carboxylic acids is 1. The summed E-state index contributed by atoms with van der Waals surface area (Å²) < 4.78 is 50.5. The van der Waals surface area contributed by atoms with Gasteiger partial charge in [-0.3, -0.25) is 14.4 Å². The van der Waals surface area contributed by atoms with Gasteiger partial charge < -0.3 is 5.11 Å². The third kappa shape index (κ3) is 2.85. The van der Waals surface area contributed by atoms with Crippen LogP contribution in [0.2, 0.25) is 0 Å². The molecule has 5 nitrogen and oxygen atoms in total. The number of Topliss-reactive ketones (excluding diaryl/α,β-unsaturated/α-hetero) is 1. The zero-order valence-electron chi connectivity index (χ0n) is 28.0. The molecule has 0 aromatic heterocycles. The van der Waals surface area contributed by atoms with E-state index in [2.05, 4.69) is 13.8 Å². The molecule has 0 radical (unpaired) electrons. The molecule has 0 amide bonds. The van der Waals surface area contributed by atoms with Gasteiger partial charge >= 0.3 is 5.97 Å². The second-order valence-electron chi connectivity index (χ2n) is 13.8. The van der Waals surface area contributed by atoms with Crippen molar-refractivity contribution < 1.29 is 27.7 Å². The van der Waals surface area contributed by atoms with Crippen LogP contribution in [-0.4, -0.2) is 22.6 Å². The van der Waals surface area contributed by atoms with Crippen LogP contribution < -0.4 is 0 Å². The molecule has 36 heavy (non-hydrogen) atoms. The largest absolute Gasteiger partial charge is 0.481 e. The zero-order chi connectivity index (χ0) is 31.7.